The number of fused-ring (bicyclic) bond motifs is 1. The molecule has 1 aliphatic heterocycles. The Morgan fingerprint density at radius 3 is 2.64 bits per heavy atom. The number of rotatable bonds is 4. The molecule has 2 aliphatic rings. The summed E-state index contributed by atoms with van der Waals surface area (Å²) < 4.78 is 10.5. The number of hydrogen-bond donors (Lipinski definition) is 2. The van der Waals surface area contributed by atoms with Crippen molar-refractivity contribution in [2.45, 2.75) is 45.8 Å². The van der Waals surface area contributed by atoms with Gasteiger partial charge >= 0.3 is 12.2 Å². The van der Waals surface area contributed by atoms with E-state index < -0.39 is 17.8 Å². The van der Waals surface area contributed by atoms with Gasteiger partial charge in [-0.25, -0.2) is 14.6 Å². The van der Waals surface area contributed by atoms with Crippen LogP contribution in [0.3, 0.4) is 0 Å². The highest BCUT2D eigenvalue weighted by Crippen LogP contribution is 2.39. The van der Waals surface area contributed by atoms with Crippen LogP contribution >= 0.6 is 0 Å². The third-order valence-electron chi connectivity index (χ3n) is 5.37. The predicted molar refractivity (Wildman–Crippen MR) is 121 cm³/mol. The van der Waals surface area contributed by atoms with E-state index in [0.717, 1.165) is 0 Å². The van der Waals surface area contributed by atoms with Crippen LogP contribution in [0.5, 0.6) is 0 Å². The highest BCUT2D eigenvalue weighted by atomic mass is 16.6. The topological polar surface area (TPSA) is 134 Å². The van der Waals surface area contributed by atoms with Crippen molar-refractivity contribution in [2.75, 3.05) is 22.1 Å². The Kier molecular flexibility index (Phi) is 5.57. The summed E-state index contributed by atoms with van der Waals surface area (Å²) in [5.74, 6) is -0.533. The fourth-order valence-electron chi connectivity index (χ4n) is 3.69. The highest BCUT2D eigenvalue weighted by Gasteiger charge is 2.43. The summed E-state index contributed by atoms with van der Waals surface area (Å²) in [4.78, 5) is 42.9. The Morgan fingerprint density at radius 2 is 2.03 bits per heavy atom. The zero-order valence-corrected chi connectivity index (χ0v) is 18.8. The van der Waals surface area contributed by atoms with Crippen LogP contribution in [0.25, 0.3) is 10.8 Å². The smallest absolute Gasteiger partial charge is 0.414 e. The lowest BCUT2D eigenvalue weighted by Gasteiger charge is -2.22. The van der Waals surface area contributed by atoms with E-state index in [1.807, 2.05) is 6.92 Å². The summed E-state index contributed by atoms with van der Waals surface area (Å²) in [5.41, 5.74) is 0.240. The number of ether oxygens (including phenoxy) is 2. The molecule has 1 aliphatic carbocycles. The number of nitriles is 1. The molecule has 1 aromatic heterocycles. The third kappa shape index (κ3) is 4.82. The first-order valence-corrected chi connectivity index (χ1v) is 10.7. The molecule has 1 saturated heterocycles. The number of amides is 3. The van der Waals surface area contributed by atoms with Crippen molar-refractivity contribution in [2.24, 2.45) is 11.8 Å². The number of carbonyl (C=O) groups is 3. The van der Waals surface area contributed by atoms with Crippen molar-refractivity contribution in [1.82, 2.24) is 4.98 Å². The first kappa shape index (κ1) is 22.3. The number of hydrogen-bond acceptors (Lipinski definition) is 7. The number of benzene rings is 1. The van der Waals surface area contributed by atoms with Gasteiger partial charge in [0, 0.05) is 11.6 Å². The van der Waals surface area contributed by atoms with E-state index in [2.05, 4.69) is 21.7 Å². The molecule has 2 fully saturated rings. The van der Waals surface area contributed by atoms with Crippen molar-refractivity contribution in [3.8, 4) is 6.07 Å². The van der Waals surface area contributed by atoms with Gasteiger partial charge in [0.2, 0.25) is 5.91 Å². The Morgan fingerprint density at radius 1 is 1.27 bits per heavy atom. The Balaban J connectivity index is 1.70. The molecule has 0 radical (unpaired) electrons. The summed E-state index contributed by atoms with van der Waals surface area (Å²) in [7, 11) is 0. The summed E-state index contributed by atoms with van der Waals surface area (Å²) in [6.07, 6.45) is 0.941. The lowest BCUT2D eigenvalue weighted by Crippen LogP contribution is -2.31. The first-order chi connectivity index (χ1) is 15.6. The molecule has 4 rings (SSSR count). The first-order valence-electron chi connectivity index (χ1n) is 10.7. The molecule has 172 valence electrons. The molecule has 2 aromatic rings. The second-order valence-corrected chi connectivity index (χ2v) is 9.27. The highest BCUT2D eigenvalue weighted by molar-refractivity contribution is 6.05. The number of aromatic nitrogens is 1. The molecule has 1 saturated carbocycles. The summed E-state index contributed by atoms with van der Waals surface area (Å²) in [6.45, 7) is 7.39. The fraction of sp³-hybridized carbons (Fsp3) is 0.435. The average molecular weight is 451 g/mol. The number of pyridine rings is 1. The average Bonchev–Trinajstić information content (AvgIpc) is 3.44. The van der Waals surface area contributed by atoms with E-state index in [9.17, 15) is 14.4 Å². The van der Waals surface area contributed by atoms with Crippen molar-refractivity contribution in [3.05, 3.63) is 24.4 Å². The van der Waals surface area contributed by atoms with Crippen LogP contribution in [-0.4, -0.2) is 41.3 Å². The monoisotopic (exact) mass is 451 g/mol. The fourth-order valence-corrected chi connectivity index (χ4v) is 3.69. The van der Waals surface area contributed by atoms with Crippen molar-refractivity contribution in [1.29, 1.82) is 5.26 Å². The van der Waals surface area contributed by atoms with E-state index in [1.54, 1.807) is 39.0 Å². The molecular formula is C23H25N5O5. The summed E-state index contributed by atoms with van der Waals surface area (Å²) in [5, 5.41) is 15.7. The van der Waals surface area contributed by atoms with Crippen LogP contribution in [0.4, 0.5) is 26.8 Å². The van der Waals surface area contributed by atoms with Crippen molar-refractivity contribution < 1.29 is 23.9 Å². The molecule has 2 N–H and O–H groups in total. The number of nitrogens with zero attached hydrogens (tertiary/aromatic N) is 3. The normalized spacial score (nSPS) is 21.8. The number of anilines is 3. The van der Waals surface area contributed by atoms with Gasteiger partial charge in [-0.15, -0.1) is 0 Å². The molecule has 1 aromatic carbocycles. The Bertz CT molecular complexity index is 1180. The van der Waals surface area contributed by atoms with E-state index in [0.29, 0.717) is 34.4 Å². The van der Waals surface area contributed by atoms with Gasteiger partial charge in [-0.3, -0.25) is 15.0 Å². The van der Waals surface area contributed by atoms with Crippen LogP contribution in [-0.2, 0) is 14.3 Å². The van der Waals surface area contributed by atoms with Crippen molar-refractivity contribution >= 4 is 46.1 Å². The molecule has 0 bridgehead atoms. The Hall–Kier alpha value is -3.87. The molecule has 2 unspecified atom stereocenters. The van der Waals surface area contributed by atoms with Gasteiger partial charge in [-0.05, 0) is 57.7 Å². The zero-order valence-electron chi connectivity index (χ0n) is 18.8. The van der Waals surface area contributed by atoms with Crippen LogP contribution in [0, 0.1) is 23.2 Å². The number of nitrogens with one attached hydrogen (secondary N) is 2. The van der Waals surface area contributed by atoms with Crippen LogP contribution < -0.4 is 15.5 Å². The van der Waals surface area contributed by atoms with Crippen molar-refractivity contribution in [3.63, 3.8) is 0 Å². The Labute approximate surface area is 190 Å². The largest absolute Gasteiger partial charge is 0.447 e. The molecule has 0 spiro atoms. The van der Waals surface area contributed by atoms with E-state index in [4.69, 9.17) is 14.7 Å². The standard InChI is InChI=1S/C23H25N5O5/c1-12-11-32-22(31)28(12)15-5-13-7-19(27-20(29)16-6-14(16)9-24)25-10-17(13)18(8-15)26-21(30)33-23(2,3)4/h5,7-8,10,12,14,16H,6,11H2,1-4H3,(H,26,30)(H,25,27,29)/t12-,14?,16?/m1/s1. The molecule has 3 atom stereocenters. The van der Waals surface area contributed by atoms with E-state index in [-0.39, 0.29) is 30.4 Å². The maximum atomic E-state index is 12.4. The van der Waals surface area contributed by atoms with Gasteiger partial charge in [0.05, 0.1) is 35.3 Å². The minimum atomic E-state index is -0.690. The molecule has 10 heteroatoms. The minimum Gasteiger partial charge on any atom is -0.447 e. The second kappa shape index (κ2) is 8.24. The maximum absolute atomic E-state index is 12.4. The lowest BCUT2D eigenvalue weighted by molar-refractivity contribution is -0.117. The minimum absolute atomic E-state index is 0.192. The summed E-state index contributed by atoms with van der Waals surface area (Å²) >= 11 is 0. The summed E-state index contributed by atoms with van der Waals surface area (Å²) in [6, 6.07) is 6.99. The maximum Gasteiger partial charge on any atom is 0.414 e. The molecule has 33 heavy (non-hydrogen) atoms. The lowest BCUT2D eigenvalue weighted by atomic mass is 10.1. The molecule has 10 nitrogen and oxygen atoms in total. The quantitative estimate of drug-likeness (QED) is 0.717. The number of carbonyl (C=O) groups excluding carboxylic acids is 3. The van der Waals surface area contributed by atoms with Crippen LogP contribution in [0.15, 0.2) is 24.4 Å². The zero-order chi connectivity index (χ0) is 23.9. The van der Waals surface area contributed by atoms with Gasteiger partial charge in [-0.1, -0.05) is 0 Å². The van der Waals surface area contributed by atoms with Gasteiger partial charge in [0.15, 0.2) is 0 Å². The SMILES string of the molecule is C[C@@H]1COC(=O)N1c1cc(NC(=O)OC(C)(C)C)c2cnc(NC(=O)C3CC3C#N)cc2c1. The predicted octanol–water partition coefficient (Wildman–Crippen LogP) is 4.03. The molecule has 3 amide bonds. The van der Waals surface area contributed by atoms with Crippen LogP contribution in [0.1, 0.15) is 34.1 Å². The van der Waals surface area contributed by atoms with Gasteiger partial charge in [0.25, 0.3) is 0 Å². The van der Waals surface area contributed by atoms with E-state index >= 15 is 0 Å². The number of cyclic esters (lactones) is 1. The van der Waals surface area contributed by atoms with Gasteiger partial charge in [0.1, 0.15) is 18.0 Å². The van der Waals surface area contributed by atoms with E-state index in [1.165, 1.54) is 11.1 Å². The van der Waals surface area contributed by atoms with Crippen LogP contribution in [0.2, 0.25) is 0 Å². The second-order valence-electron chi connectivity index (χ2n) is 9.27. The van der Waals surface area contributed by atoms with Gasteiger partial charge < -0.3 is 14.8 Å². The molecule has 2 heterocycles. The third-order valence-corrected chi connectivity index (χ3v) is 5.37. The molecular weight excluding hydrogens is 426 g/mol. The van der Waals surface area contributed by atoms with Gasteiger partial charge in [-0.2, -0.15) is 5.26 Å².